The minimum Gasteiger partial charge on any atom is -0.494 e. The average Bonchev–Trinajstić information content (AvgIpc) is 2.60. The van der Waals surface area contributed by atoms with E-state index in [1.54, 1.807) is 37.4 Å². The Labute approximate surface area is 140 Å². The monoisotopic (exact) mass is 333 g/mol. The summed E-state index contributed by atoms with van der Waals surface area (Å²) in [5.41, 5.74) is 1.13. The number of amides is 1. The number of benzene rings is 2. The molecule has 0 aromatic heterocycles. The first-order chi connectivity index (χ1) is 11.5. The number of carbonyl (C=O) groups is 1. The molecular formula is C18H20FNO4. The highest BCUT2D eigenvalue weighted by atomic mass is 19.1. The lowest BCUT2D eigenvalue weighted by Crippen LogP contribution is -2.26. The number of hydrogen-bond donors (Lipinski definition) is 0. The van der Waals surface area contributed by atoms with Crippen LogP contribution in [0.15, 0.2) is 36.4 Å². The number of halogens is 1. The third kappa shape index (κ3) is 3.76. The first-order valence-corrected chi connectivity index (χ1v) is 7.30. The van der Waals surface area contributed by atoms with Crippen LogP contribution < -0.4 is 14.2 Å². The van der Waals surface area contributed by atoms with Gasteiger partial charge in [0.15, 0.2) is 23.1 Å². The number of methoxy groups -OCH3 is 3. The van der Waals surface area contributed by atoms with Crippen LogP contribution in [0.5, 0.6) is 17.2 Å². The van der Waals surface area contributed by atoms with Crippen molar-refractivity contribution in [1.29, 1.82) is 0 Å². The summed E-state index contributed by atoms with van der Waals surface area (Å²) in [7, 11) is 6.10. The molecule has 0 fully saturated rings. The van der Waals surface area contributed by atoms with Crippen LogP contribution in [0.2, 0.25) is 0 Å². The van der Waals surface area contributed by atoms with E-state index < -0.39 is 5.82 Å². The van der Waals surface area contributed by atoms with Crippen LogP contribution in [-0.2, 0) is 6.54 Å². The molecule has 0 aliphatic heterocycles. The van der Waals surface area contributed by atoms with Crippen molar-refractivity contribution in [3.05, 3.63) is 53.3 Å². The van der Waals surface area contributed by atoms with Gasteiger partial charge in [-0.05, 0) is 35.9 Å². The minimum absolute atomic E-state index is 0.174. The van der Waals surface area contributed by atoms with Gasteiger partial charge in [-0.1, -0.05) is 6.07 Å². The molecule has 128 valence electrons. The van der Waals surface area contributed by atoms with Crippen molar-refractivity contribution in [3.8, 4) is 17.2 Å². The number of nitrogens with zero attached hydrogens (tertiary/aromatic N) is 1. The van der Waals surface area contributed by atoms with E-state index in [0.717, 1.165) is 0 Å². The second kappa shape index (κ2) is 7.68. The van der Waals surface area contributed by atoms with Gasteiger partial charge in [-0.2, -0.15) is 0 Å². The van der Waals surface area contributed by atoms with Gasteiger partial charge < -0.3 is 19.1 Å². The van der Waals surface area contributed by atoms with Crippen LogP contribution >= 0.6 is 0 Å². The summed E-state index contributed by atoms with van der Waals surface area (Å²) in [6, 6.07) is 9.57. The number of ether oxygens (including phenoxy) is 3. The molecule has 2 rings (SSSR count). The van der Waals surface area contributed by atoms with Crippen molar-refractivity contribution in [2.24, 2.45) is 0 Å². The van der Waals surface area contributed by atoms with Gasteiger partial charge in [-0.15, -0.1) is 0 Å². The van der Waals surface area contributed by atoms with E-state index in [1.807, 2.05) is 0 Å². The molecule has 2 aromatic rings. The predicted molar refractivity (Wildman–Crippen MR) is 88.3 cm³/mol. The third-order valence-electron chi connectivity index (χ3n) is 3.61. The Balaban J connectivity index is 2.16. The zero-order valence-corrected chi connectivity index (χ0v) is 14.1. The Bertz CT molecular complexity index is 733. The van der Waals surface area contributed by atoms with Gasteiger partial charge in [-0.3, -0.25) is 4.79 Å². The highest BCUT2D eigenvalue weighted by Crippen LogP contribution is 2.28. The van der Waals surface area contributed by atoms with Crippen molar-refractivity contribution >= 4 is 5.91 Å². The van der Waals surface area contributed by atoms with E-state index in [9.17, 15) is 9.18 Å². The van der Waals surface area contributed by atoms with Gasteiger partial charge in [0.2, 0.25) is 0 Å². The molecule has 24 heavy (non-hydrogen) atoms. The SMILES string of the molecule is COc1ccc(CN(C)C(=O)c2ccc(OC)c(OC)c2)cc1F. The lowest BCUT2D eigenvalue weighted by atomic mass is 10.1. The smallest absolute Gasteiger partial charge is 0.254 e. The lowest BCUT2D eigenvalue weighted by Gasteiger charge is -2.18. The van der Waals surface area contributed by atoms with Gasteiger partial charge >= 0.3 is 0 Å². The zero-order chi connectivity index (χ0) is 17.7. The topological polar surface area (TPSA) is 48.0 Å². The molecule has 0 aliphatic rings. The summed E-state index contributed by atoms with van der Waals surface area (Å²) >= 11 is 0. The van der Waals surface area contributed by atoms with Gasteiger partial charge in [-0.25, -0.2) is 4.39 Å². The van der Waals surface area contributed by atoms with E-state index in [0.29, 0.717) is 22.6 Å². The summed E-state index contributed by atoms with van der Waals surface area (Å²) < 4.78 is 29.0. The van der Waals surface area contributed by atoms with Crippen molar-refractivity contribution in [3.63, 3.8) is 0 Å². The van der Waals surface area contributed by atoms with Gasteiger partial charge in [0.05, 0.1) is 21.3 Å². The molecule has 0 saturated carbocycles. The Morgan fingerprint density at radius 2 is 1.58 bits per heavy atom. The Morgan fingerprint density at radius 1 is 0.958 bits per heavy atom. The maximum atomic E-state index is 13.7. The fraction of sp³-hybridized carbons (Fsp3) is 0.278. The molecule has 0 atom stereocenters. The lowest BCUT2D eigenvalue weighted by molar-refractivity contribution is 0.0784. The van der Waals surface area contributed by atoms with Gasteiger partial charge in [0.1, 0.15) is 0 Å². The number of carbonyl (C=O) groups excluding carboxylic acids is 1. The van der Waals surface area contributed by atoms with E-state index >= 15 is 0 Å². The van der Waals surface area contributed by atoms with Crippen molar-refractivity contribution in [2.45, 2.75) is 6.54 Å². The average molecular weight is 333 g/mol. The minimum atomic E-state index is -0.457. The van der Waals surface area contributed by atoms with Crippen molar-refractivity contribution in [2.75, 3.05) is 28.4 Å². The third-order valence-corrected chi connectivity index (χ3v) is 3.61. The van der Waals surface area contributed by atoms with Crippen LogP contribution in [-0.4, -0.2) is 39.2 Å². The molecule has 5 nitrogen and oxygen atoms in total. The van der Waals surface area contributed by atoms with Crippen LogP contribution in [0.4, 0.5) is 4.39 Å². The summed E-state index contributed by atoms with van der Waals surface area (Å²) in [5, 5.41) is 0. The predicted octanol–water partition coefficient (Wildman–Crippen LogP) is 3.12. The zero-order valence-electron chi connectivity index (χ0n) is 14.1. The van der Waals surface area contributed by atoms with Crippen molar-refractivity contribution in [1.82, 2.24) is 4.90 Å². The Kier molecular flexibility index (Phi) is 5.63. The van der Waals surface area contributed by atoms with Crippen LogP contribution in [0.25, 0.3) is 0 Å². The summed E-state index contributed by atoms with van der Waals surface area (Å²) in [6.07, 6.45) is 0. The Hall–Kier alpha value is -2.76. The quantitative estimate of drug-likeness (QED) is 0.815. The molecule has 0 spiro atoms. The molecule has 0 radical (unpaired) electrons. The normalized spacial score (nSPS) is 10.2. The second-order valence-corrected chi connectivity index (χ2v) is 5.20. The van der Waals surface area contributed by atoms with Gasteiger partial charge in [0, 0.05) is 19.2 Å². The molecule has 2 aromatic carbocycles. The molecule has 6 heteroatoms. The van der Waals surface area contributed by atoms with Gasteiger partial charge in [0.25, 0.3) is 5.91 Å². The largest absolute Gasteiger partial charge is 0.494 e. The van der Waals surface area contributed by atoms with Crippen LogP contribution in [0.1, 0.15) is 15.9 Å². The fourth-order valence-corrected chi connectivity index (χ4v) is 2.34. The van der Waals surface area contributed by atoms with Crippen LogP contribution in [0, 0.1) is 5.82 Å². The standard InChI is InChI=1S/C18H20FNO4/c1-20(11-12-5-7-15(22-2)14(19)9-12)18(21)13-6-8-16(23-3)17(10-13)24-4/h5-10H,11H2,1-4H3. The maximum Gasteiger partial charge on any atom is 0.254 e. The molecule has 0 unspecified atom stereocenters. The summed E-state index contributed by atoms with van der Waals surface area (Å²) in [4.78, 5) is 14.0. The molecule has 0 bridgehead atoms. The highest BCUT2D eigenvalue weighted by molar-refractivity contribution is 5.94. The molecule has 0 saturated heterocycles. The summed E-state index contributed by atoms with van der Waals surface area (Å²) in [6.45, 7) is 0.272. The second-order valence-electron chi connectivity index (χ2n) is 5.20. The number of hydrogen-bond acceptors (Lipinski definition) is 4. The molecular weight excluding hydrogens is 313 g/mol. The van der Waals surface area contributed by atoms with E-state index in [-0.39, 0.29) is 18.2 Å². The number of rotatable bonds is 6. The van der Waals surface area contributed by atoms with E-state index in [4.69, 9.17) is 14.2 Å². The fourth-order valence-electron chi connectivity index (χ4n) is 2.34. The van der Waals surface area contributed by atoms with E-state index in [1.165, 1.54) is 32.3 Å². The highest BCUT2D eigenvalue weighted by Gasteiger charge is 2.15. The molecule has 1 amide bonds. The first kappa shape index (κ1) is 17.6. The first-order valence-electron chi connectivity index (χ1n) is 7.30. The molecule has 0 aliphatic carbocycles. The van der Waals surface area contributed by atoms with Crippen molar-refractivity contribution < 1.29 is 23.4 Å². The van der Waals surface area contributed by atoms with E-state index in [2.05, 4.69) is 0 Å². The summed E-state index contributed by atoms with van der Waals surface area (Å²) in [5.74, 6) is 0.544. The maximum absolute atomic E-state index is 13.7. The van der Waals surface area contributed by atoms with Crippen LogP contribution in [0.3, 0.4) is 0 Å². The molecule has 0 N–H and O–H groups in total. The molecule has 0 heterocycles. The Morgan fingerprint density at radius 3 is 2.17 bits per heavy atom.